The molecular formula is C21H22N2O3S. The van der Waals surface area contributed by atoms with Gasteiger partial charge in [-0.15, -0.1) is 11.3 Å². The first-order chi connectivity index (χ1) is 13.1. The number of nitrogens with one attached hydrogen (secondary N) is 1. The van der Waals surface area contributed by atoms with Crippen molar-refractivity contribution in [2.24, 2.45) is 0 Å². The molecule has 0 saturated heterocycles. The number of ether oxygens (including phenoxy) is 1. The number of aryl methyl sites for hydroxylation is 3. The van der Waals surface area contributed by atoms with E-state index in [0.717, 1.165) is 51.7 Å². The standard InChI is InChI=1S/C21H22N2O3S/c1-4-25-15-8-6-5-7-14(15)11-22-21(24)20-12(2)18-16(26-20)9-10-17-19(18)23-13(3)27-17/h5-8H,4,9-11H2,1-3H3,(H,22,24). The second-order valence-electron chi connectivity index (χ2n) is 6.58. The lowest BCUT2D eigenvalue weighted by atomic mass is 9.97. The van der Waals surface area contributed by atoms with Crippen LogP contribution < -0.4 is 10.1 Å². The molecule has 0 aliphatic heterocycles. The quantitative estimate of drug-likeness (QED) is 0.708. The molecule has 0 atom stereocenters. The maximum atomic E-state index is 12.8. The van der Waals surface area contributed by atoms with Crippen LogP contribution in [0, 0.1) is 13.8 Å². The highest BCUT2D eigenvalue weighted by atomic mass is 32.1. The molecule has 1 amide bonds. The minimum atomic E-state index is -0.207. The van der Waals surface area contributed by atoms with Gasteiger partial charge in [-0.25, -0.2) is 4.98 Å². The van der Waals surface area contributed by atoms with E-state index >= 15 is 0 Å². The molecular weight excluding hydrogens is 360 g/mol. The highest BCUT2D eigenvalue weighted by Gasteiger charge is 2.29. The van der Waals surface area contributed by atoms with Crippen molar-refractivity contribution in [3.8, 4) is 17.0 Å². The van der Waals surface area contributed by atoms with Crippen LogP contribution in [0.15, 0.2) is 28.7 Å². The highest BCUT2D eigenvalue weighted by molar-refractivity contribution is 7.12. The summed E-state index contributed by atoms with van der Waals surface area (Å²) in [7, 11) is 0. The van der Waals surface area contributed by atoms with E-state index in [9.17, 15) is 4.79 Å². The van der Waals surface area contributed by atoms with Crippen molar-refractivity contribution in [2.75, 3.05) is 6.61 Å². The van der Waals surface area contributed by atoms with Gasteiger partial charge in [-0.05, 0) is 33.3 Å². The molecule has 1 aliphatic carbocycles. The van der Waals surface area contributed by atoms with Crippen molar-refractivity contribution in [3.05, 3.63) is 56.8 Å². The number of furan rings is 1. The topological polar surface area (TPSA) is 64.4 Å². The second kappa shape index (κ2) is 7.19. The second-order valence-corrected chi connectivity index (χ2v) is 7.87. The van der Waals surface area contributed by atoms with Crippen LogP contribution in [0.1, 0.15) is 44.3 Å². The van der Waals surface area contributed by atoms with E-state index in [4.69, 9.17) is 9.15 Å². The van der Waals surface area contributed by atoms with Crippen LogP contribution in [0.4, 0.5) is 0 Å². The van der Waals surface area contributed by atoms with Crippen LogP contribution in [0.3, 0.4) is 0 Å². The van der Waals surface area contributed by atoms with E-state index in [1.807, 2.05) is 45.0 Å². The lowest BCUT2D eigenvalue weighted by molar-refractivity contribution is 0.0920. The first kappa shape index (κ1) is 17.8. The van der Waals surface area contributed by atoms with Crippen LogP contribution in [0.2, 0.25) is 0 Å². The molecule has 4 rings (SSSR count). The number of para-hydroxylation sites is 1. The molecule has 3 aromatic rings. The molecule has 1 aromatic carbocycles. The molecule has 5 nitrogen and oxygen atoms in total. The van der Waals surface area contributed by atoms with E-state index in [1.165, 1.54) is 4.88 Å². The van der Waals surface area contributed by atoms with E-state index in [1.54, 1.807) is 11.3 Å². The van der Waals surface area contributed by atoms with Gasteiger partial charge >= 0.3 is 0 Å². The zero-order chi connectivity index (χ0) is 19.0. The van der Waals surface area contributed by atoms with E-state index in [2.05, 4.69) is 10.3 Å². The minimum Gasteiger partial charge on any atom is -0.494 e. The first-order valence-electron chi connectivity index (χ1n) is 9.16. The summed E-state index contributed by atoms with van der Waals surface area (Å²) in [6, 6.07) is 7.73. The normalized spacial score (nSPS) is 12.4. The van der Waals surface area contributed by atoms with Crippen molar-refractivity contribution in [2.45, 2.75) is 40.2 Å². The highest BCUT2D eigenvalue weighted by Crippen LogP contribution is 2.40. The zero-order valence-corrected chi connectivity index (χ0v) is 16.5. The summed E-state index contributed by atoms with van der Waals surface area (Å²) in [6.07, 6.45) is 1.73. The number of benzene rings is 1. The van der Waals surface area contributed by atoms with Crippen molar-refractivity contribution in [3.63, 3.8) is 0 Å². The average Bonchev–Trinajstić information content (AvgIpc) is 3.20. The molecule has 0 radical (unpaired) electrons. The van der Waals surface area contributed by atoms with Crippen LogP contribution in [-0.2, 0) is 19.4 Å². The Morgan fingerprint density at radius 1 is 1.30 bits per heavy atom. The molecule has 0 saturated carbocycles. The number of amides is 1. The Hall–Kier alpha value is -2.60. The Kier molecular flexibility index (Phi) is 4.74. The summed E-state index contributed by atoms with van der Waals surface area (Å²) in [5, 5.41) is 4.01. The number of hydrogen-bond donors (Lipinski definition) is 1. The van der Waals surface area contributed by atoms with Gasteiger partial charge in [-0.2, -0.15) is 0 Å². The summed E-state index contributed by atoms with van der Waals surface area (Å²) >= 11 is 1.73. The number of fused-ring (bicyclic) bond motifs is 3. The maximum absolute atomic E-state index is 12.8. The number of thiazole rings is 1. The van der Waals surface area contributed by atoms with Gasteiger partial charge in [0, 0.05) is 34.5 Å². The molecule has 6 heteroatoms. The third-order valence-electron chi connectivity index (χ3n) is 4.76. The number of carbonyl (C=O) groups is 1. The summed E-state index contributed by atoms with van der Waals surface area (Å²) in [5.74, 6) is 1.83. The Bertz CT molecular complexity index is 1000. The molecule has 1 N–H and O–H groups in total. The van der Waals surface area contributed by atoms with Gasteiger partial charge in [0.05, 0.1) is 17.3 Å². The molecule has 0 unspecified atom stereocenters. The number of carbonyl (C=O) groups excluding carboxylic acids is 1. The van der Waals surface area contributed by atoms with Gasteiger partial charge in [-0.1, -0.05) is 18.2 Å². The van der Waals surface area contributed by atoms with Crippen molar-refractivity contribution >= 4 is 17.2 Å². The molecule has 0 fully saturated rings. The van der Waals surface area contributed by atoms with E-state index in [-0.39, 0.29) is 5.91 Å². The van der Waals surface area contributed by atoms with E-state index in [0.29, 0.717) is 18.9 Å². The van der Waals surface area contributed by atoms with Crippen molar-refractivity contribution < 1.29 is 13.9 Å². The first-order valence-corrected chi connectivity index (χ1v) is 9.98. The van der Waals surface area contributed by atoms with Gasteiger partial charge < -0.3 is 14.5 Å². The summed E-state index contributed by atoms with van der Waals surface area (Å²) < 4.78 is 11.6. The third-order valence-corrected chi connectivity index (χ3v) is 5.79. The number of aromatic nitrogens is 1. The van der Waals surface area contributed by atoms with Crippen molar-refractivity contribution in [1.82, 2.24) is 10.3 Å². The van der Waals surface area contributed by atoms with E-state index < -0.39 is 0 Å². The SMILES string of the molecule is CCOc1ccccc1CNC(=O)c1oc2c(c1C)-c1nc(C)sc1CC2. The number of nitrogens with zero attached hydrogens (tertiary/aromatic N) is 1. The summed E-state index contributed by atoms with van der Waals surface area (Å²) in [4.78, 5) is 18.7. The molecule has 1 aliphatic rings. The zero-order valence-electron chi connectivity index (χ0n) is 15.7. The van der Waals surface area contributed by atoms with Crippen LogP contribution in [-0.4, -0.2) is 17.5 Å². The van der Waals surface area contributed by atoms with Gasteiger partial charge in [0.25, 0.3) is 5.91 Å². The fraction of sp³-hybridized carbons (Fsp3) is 0.333. The average molecular weight is 382 g/mol. The Labute approximate surface area is 162 Å². The van der Waals surface area contributed by atoms with Gasteiger partial charge in [0.1, 0.15) is 11.5 Å². The molecule has 140 valence electrons. The predicted molar refractivity (Wildman–Crippen MR) is 105 cm³/mol. The lowest BCUT2D eigenvalue weighted by Crippen LogP contribution is -2.23. The fourth-order valence-electron chi connectivity index (χ4n) is 3.54. The third kappa shape index (κ3) is 3.25. The monoisotopic (exact) mass is 382 g/mol. The lowest BCUT2D eigenvalue weighted by Gasteiger charge is -2.10. The fourth-order valence-corrected chi connectivity index (χ4v) is 4.48. The smallest absolute Gasteiger partial charge is 0.287 e. The summed E-state index contributed by atoms with van der Waals surface area (Å²) in [6.45, 7) is 6.88. The predicted octanol–water partition coefficient (Wildman–Crippen LogP) is 4.45. The van der Waals surface area contributed by atoms with Crippen molar-refractivity contribution in [1.29, 1.82) is 0 Å². The van der Waals surface area contributed by atoms with Gasteiger partial charge in [-0.3, -0.25) is 4.79 Å². The minimum absolute atomic E-state index is 0.207. The number of hydrogen-bond acceptors (Lipinski definition) is 5. The molecule has 2 heterocycles. The Morgan fingerprint density at radius 2 is 2.11 bits per heavy atom. The Morgan fingerprint density at radius 3 is 2.93 bits per heavy atom. The van der Waals surface area contributed by atoms with Crippen LogP contribution >= 0.6 is 11.3 Å². The van der Waals surface area contributed by atoms with Crippen LogP contribution in [0.25, 0.3) is 11.3 Å². The molecule has 27 heavy (non-hydrogen) atoms. The van der Waals surface area contributed by atoms with Gasteiger partial charge in [0.2, 0.25) is 0 Å². The number of rotatable bonds is 5. The van der Waals surface area contributed by atoms with Gasteiger partial charge in [0.15, 0.2) is 5.76 Å². The molecule has 0 spiro atoms. The molecule has 2 aromatic heterocycles. The Balaban J connectivity index is 1.57. The maximum Gasteiger partial charge on any atom is 0.287 e. The summed E-state index contributed by atoms with van der Waals surface area (Å²) in [5.41, 5.74) is 3.80. The molecule has 0 bridgehead atoms. The van der Waals surface area contributed by atoms with Crippen LogP contribution in [0.5, 0.6) is 5.75 Å². The largest absolute Gasteiger partial charge is 0.494 e.